The highest BCUT2D eigenvalue weighted by molar-refractivity contribution is 6.30. The summed E-state index contributed by atoms with van der Waals surface area (Å²) in [5, 5.41) is 6.90. The number of benzene rings is 1. The molecule has 112 valence electrons. The van der Waals surface area contributed by atoms with Crippen molar-refractivity contribution in [1.82, 2.24) is 4.90 Å². The molecular formula is C15H14ClN5O. The van der Waals surface area contributed by atoms with Crippen LogP contribution in [0.4, 0.5) is 10.5 Å². The molecule has 1 unspecified atom stereocenters. The molecule has 0 spiro atoms. The van der Waals surface area contributed by atoms with Gasteiger partial charge in [0, 0.05) is 28.2 Å². The van der Waals surface area contributed by atoms with E-state index in [0.717, 1.165) is 24.1 Å². The smallest absolute Gasteiger partial charge is 0.307 e. The van der Waals surface area contributed by atoms with Gasteiger partial charge in [-0.05, 0) is 42.5 Å². The summed E-state index contributed by atoms with van der Waals surface area (Å²) in [4.78, 5) is 16.6. The molecule has 1 atom stereocenters. The monoisotopic (exact) mass is 315 g/mol. The number of carbonyl (C=O) groups excluding carboxylic acids is 1. The molecule has 0 radical (unpaired) electrons. The van der Waals surface area contributed by atoms with Gasteiger partial charge in [-0.1, -0.05) is 28.6 Å². The SMILES string of the molecule is CN1C(=O)Nc2ccc(Cl)cc2C1(C#CCN=[N+]=[N-])C1CC1. The molecule has 1 heterocycles. The molecule has 1 N–H and O–H groups in total. The minimum Gasteiger partial charge on any atom is -0.307 e. The van der Waals surface area contributed by atoms with Crippen molar-refractivity contribution < 1.29 is 4.79 Å². The van der Waals surface area contributed by atoms with E-state index in [1.165, 1.54) is 0 Å². The lowest BCUT2D eigenvalue weighted by molar-refractivity contribution is 0.161. The first-order chi connectivity index (χ1) is 10.6. The highest BCUT2D eigenvalue weighted by atomic mass is 35.5. The van der Waals surface area contributed by atoms with Crippen LogP contribution in [0, 0.1) is 17.8 Å². The second-order valence-electron chi connectivity index (χ2n) is 5.41. The van der Waals surface area contributed by atoms with Crippen molar-refractivity contribution in [2.75, 3.05) is 18.9 Å². The number of anilines is 1. The number of nitrogens with one attached hydrogen (secondary N) is 1. The van der Waals surface area contributed by atoms with Crippen LogP contribution in [0.15, 0.2) is 23.3 Å². The van der Waals surface area contributed by atoms with Gasteiger partial charge in [0.25, 0.3) is 0 Å². The molecular weight excluding hydrogens is 302 g/mol. The highest BCUT2D eigenvalue weighted by Gasteiger charge is 2.53. The van der Waals surface area contributed by atoms with Crippen molar-refractivity contribution in [3.8, 4) is 11.8 Å². The quantitative estimate of drug-likeness (QED) is 0.383. The summed E-state index contributed by atoms with van der Waals surface area (Å²) in [6.07, 6.45) is 2.00. The molecule has 0 aromatic heterocycles. The number of hydrogen-bond acceptors (Lipinski definition) is 2. The van der Waals surface area contributed by atoms with Crippen LogP contribution < -0.4 is 5.32 Å². The molecule has 7 heteroatoms. The fourth-order valence-corrected chi connectivity index (χ4v) is 3.14. The Labute approximate surface area is 133 Å². The van der Waals surface area contributed by atoms with Crippen molar-refractivity contribution in [2.45, 2.75) is 18.4 Å². The Hall–Kier alpha value is -2.35. The van der Waals surface area contributed by atoms with Gasteiger partial charge in [0.1, 0.15) is 5.54 Å². The normalized spacial score (nSPS) is 22.8. The van der Waals surface area contributed by atoms with Gasteiger partial charge in [0.15, 0.2) is 0 Å². The maximum absolute atomic E-state index is 12.3. The predicted octanol–water partition coefficient (Wildman–Crippen LogP) is 3.74. The summed E-state index contributed by atoms with van der Waals surface area (Å²) >= 11 is 6.15. The Bertz CT molecular complexity index is 742. The molecule has 3 rings (SSSR count). The fourth-order valence-electron chi connectivity index (χ4n) is 2.97. The lowest BCUT2D eigenvalue weighted by Crippen LogP contribution is -2.53. The fraction of sp³-hybridized carbons (Fsp3) is 0.400. The zero-order valence-corrected chi connectivity index (χ0v) is 12.8. The van der Waals surface area contributed by atoms with E-state index in [2.05, 4.69) is 27.2 Å². The highest BCUT2D eigenvalue weighted by Crippen LogP contribution is 2.52. The number of halogens is 1. The lowest BCUT2D eigenvalue weighted by Gasteiger charge is -2.43. The molecule has 1 saturated carbocycles. The van der Waals surface area contributed by atoms with Gasteiger partial charge in [0.05, 0.1) is 6.54 Å². The van der Waals surface area contributed by atoms with Crippen molar-refractivity contribution in [3.63, 3.8) is 0 Å². The maximum Gasteiger partial charge on any atom is 0.323 e. The van der Waals surface area contributed by atoms with Gasteiger partial charge in [-0.3, -0.25) is 0 Å². The van der Waals surface area contributed by atoms with E-state index < -0.39 is 5.54 Å². The van der Waals surface area contributed by atoms with Gasteiger partial charge in [0.2, 0.25) is 0 Å². The maximum atomic E-state index is 12.3. The Morgan fingerprint density at radius 3 is 3.05 bits per heavy atom. The third kappa shape index (κ3) is 2.25. The van der Waals surface area contributed by atoms with Crippen LogP contribution in [-0.4, -0.2) is 24.5 Å². The topological polar surface area (TPSA) is 81.1 Å². The van der Waals surface area contributed by atoms with E-state index >= 15 is 0 Å². The van der Waals surface area contributed by atoms with Crippen LogP contribution in [0.1, 0.15) is 18.4 Å². The number of amides is 2. The van der Waals surface area contributed by atoms with Gasteiger partial charge in [-0.15, -0.1) is 0 Å². The van der Waals surface area contributed by atoms with E-state index in [9.17, 15) is 4.79 Å². The summed E-state index contributed by atoms with van der Waals surface area (Å²) in [5.74, 6) is 6.34. The van der Waals surface area contributed by atoms with Gasteiger partial charge < -0.3 is 10.2 Å². The summed E-state index contributed by atoms with van der Waals surface area (Å²) in [6.45, 7) is 0.0797. The summed E-state index contributed by atoms with van der Waals surface area (Å²) in [5.41, 5.74) is 9.30. The number of hydrogen-bond donors (Lipinski definition) is 1. The van der Waals surface area contributed by atoms with E-state index in [1.54, 1.807) is 24.1 Å². The number of azide groups is 1. The summed E-state index contributed by atoms with van der Waals surface area (Å²) in [7, 11) is 1.74. The molecule has 0 saturated heterocycles. The number of carbonyl (C=O) groups is 1. The van der Waals surface area contributed by atoms with Crippen LogP contribution in [0.2, 0.25) is 5.02 Å². The average molecular weight is 316 g/mol. The zero-order valence-electron chi connectivity index (χ0n) is 12.0. The first-order valence-electron chi connectivity index (χ1n) is 6.95. The molecule has 2 aliphatic rings. The number of nitrogens with zero attached hydrogens (tertiary/aromatic N) is 4. The van der Waals surface area contributed by atoms with Crippen LogP contribution in [0.5, 0.6) is 0 Å². The van der Waals surface area contributed by atoms with Gasteiger partial charge in [-0.25, -0.2) is 4.79 Å². The van der Waals surface area contributed by atoms with Crippen LogP contribution >= 0.6 is 11.6 Å². The molecule has 1 aliphatic heterocycles. The van der Waals surface area contributed by atoms with Gasteiger partial charge in [-0.2, -0.15) is 0 Å². The van der Waals surface area contributed by atoms with Crippen LogP contribution in [-0.2, 0) is 5.54 Å². The number of rotatable bonds is 2. The molecule has 1 aliphatic carbocycles. The standard InChI is InChI=1S/C15H14ClN5O/c1-21-14(22)19-13-6-5-11(16)9-12(13)15(21,10-3-4-10)7-2-8-18-20-17/h5-6,9-10H,3-4,8H2,1H3,(H,19,22). The summed E-state index contributed by atoms with van der Waals surface area (Å²) < 4.78 is 0. The second-order valence-corrected chi connectivity index (χ2v) is 5.85. The van der Waals surface area contributed by atoms with E-state index in [1.807, 2.05) is 6.07 Å². The van der Waals surface area contributed by atoms with E-state index in [0.29, 0.717) is 5.02 Å². The Morgan fingerprint density at radius 2 is 2.36 bits per heavy atom. The van der Waals surface area contributed by atoms with Crippen molar-refractivity contribution >= 4 is 23.3 Å². The molecule has 22 heavy (non-hydrogen) atoms. The molecule has 1 aromatic rings. The average Bonchev–Trinajstić information content (AvgIpc) is 3.33. The lowest BCUT2D eigenvalue weighted by atomic mass is 9.81. The number of urea groups is 1. The van der Waals surface area contributed by atoms with Gasteiger partial charge >= 0.3 is 6.03 Å². The minimum absolute atomic E-state index is 0.0797. The second kappa shape index (κ2) is 5.45. The molecule has 2 amide bonds. The van der Waals surface area contributed by atoms with Crippen molar-refractivity contribution in [3.05, 3.63) is 39.2 Å². The molecule has 1 aromatic carbocycles. The third-order valence-electron chi connectivity index (χ3n) is 4.13. The van der Waals surface area contributed by atoms with E-state index in [-0.39, 0.29) is 18.5 Å². The Morgan fingerprint density at radius 1 is 1.59 bits per heavy atom. The Balaban J connectivity index is 2.17. The molecule has 6 nitrogen and oxygen atoms in total. The van der Waals surface area contributed by atoms with Crippen LogP contribution in [0.25, 0.3) is 10.4 Å². The largest absolute Gasteiger partial charge is 0.323 e. The third-order valence-corrected chi connectivity index (χ3v) is 4.36. The molecule has 1 fully saturated rings. The minimum atomic E-state index is -0.715. The first-order valence-corrected chi connectivity index (χ1v) is 7.33. The first kappa shape index (κ1) is 14.6. The predicted molar refractivity (Wildman–Crippen MR) is 84.4 cm³/mol. The zero-order chi connectivity index (χ0) is 15.7. The van der Waals surface area contributed by atoms with Crippen LogP contribution in [0.3, 0.4) is 0 Å². The summed E-state index contributed by atoms with van der Waals surface area (Å²) in [6, 6.07) is 5.21. The van der Waals surface area contributed by atoms with E-state index in [4.69, 9.17) is 17.1 Å². The number of fused-ring (bicyclic) bond motifs is 1. The van der Waals surface area contributed by atoms with Crippen molar-refractivity contribution in [1.29, 1.82) is 0 Å². The Kier molecular flexibility index (Phi) is 3.61. The molecule has 0 bridgehead atoms. The van der Waals surface area contributed by atoms with Crippen molar-refractivity contribution in [2.24, 2.45) is 11.0 Å².